The second-order valence-corrected chi connectivity index (χ2v) is 3.30. The quantitative estimate of drug-likeness (QED) is 0.714. The highest BCUT2D eigenvalue weighted by molar-refractivity contribution is 6.28. The Bertz CT molecular complexity index is 358. The first-order valence-electron chi connectivity index (χ1n) is 4.14. The molecular formula is C7H9ClN4O. The standard InChI is InChI=1S/C7H9ClN4O/c8-5-9-6(11-7(13)10-5)12-3-1-2-4-12/h1-4H2,(H,9,10,11,13). The topological polar surface area (TPSA) is 61.9 Å². The van der Waals surface area contributed by atoms with Crippen LogP contribution >= 0.6 is 11.6 Å². The van der Waals surface area contributed by atoms with Crippen molar-refractivity contribution in [3.05, 3.63) is 15.8 Å². The van der Waals surface area contributed by atoms with Gasteiger partial charge in [0.25, 0.3) is 0 Å². The summed E-state index contributed by atoms with van der Waals surface area (Å²) in [5.74, 6) is 0.436. The molecule has 1 aromatic rings. The molecule has 1 aliphatic heterocycles. The van der Waals surface area contributed by atoms with Crippen molar-refractivity contribution >= 4 is 17.5 Å². The van der Waals surface area contributed by atoms with E-state index in [2.05, 4.69) is 15.0 Å². The lowest BCUT2D eigenvalue weighted by atomic mass is 10.4. The van der Waals surface area contributed by atoms with Gasteiger partial charge in [0.1, 0.15) is 0 Å². The zero-order chi connectivity index (χ0) is 9.26. The Kier molecular flexibility index (Phi) is 2.18. The largest absolute Gasteiger partial charge is 0.350 e. The summed E-state index contributed by atoms with van der Waals surface area (Å²) < 4.78 is 0. The second kappa shape index (κ2) is 3.33. The molecule has 1 saturated heterocycles. The van der Waals surface area contributed by atoms with E-state index in [1.807, 2.05) is 4.90 Å². The molecule has 5 nitrogen and oxygen atoms in total. The van der Waals surface area contributed by atoms with Gasteiger partial charge in [0.05, 0.1) is 0 Å². The number of aromatic amines is 1. The van der Waals surface area contributed by atoms with E-state index in [-0.39, 0.29) is 5.28 Å². The maximum absolute atomic E-state index is 11.0. The van der Waals surface area contributed by atoms with Crippen LogP contribution in [0.15, 0.2) is 4.79 Å². The SMILES string of the molecule is O=c1nc(N2CCCC2)nc(Cl)[nH]1. The first-order valence-corrected chi connectivity index (χ1v) is 4.52. The lowest BCUT2D eigenvalue weighted by molar-refractivity contribution is 0.861. The first-order chi connectivity index (χ1) is 6.25. The Balaban J connectivity index is 2.33. The maximum atomic E-state index is 11.0. The Morgan fingerprint density at radius 3 is 2.62 bits per heavy atom. The molecule has 2 rings (SSSR count). The highest BCUT2D eigenvalue weighted by atomic mass is 35.5. The van der Waals surface area contributed by atoms with Crippen LogP contribution < -0.4 is 10.6 Å². The number of hydrogen-bond donors (Lipinski definition) is 1. The highest BCUT2D eigenvalue weighted by Crippen LogP contribution is 2.14. The molecule has 0 bridgehead atoms. The van der Waals surface area contributed by atoms with Gasteiger partial charge in [-0.25, -0.2) is 4.79 Å². The Morgan fingerprint density at radius 1 is 1.31 bits per heavy atom. The Hall–Kier alpha value is -1.10. The summed E-state index contributed by atoms with van der Waals surface area (Å²) in [6.45, 7) is 1.81. The fourth-order valence-corrected chi connectivity index (χ4v) is 1.56. The van der Waals surface area contributed by atoms with Gasteiger partial charge in [0.15, 0.2) is 0 Å². The van der Waals surface area contributed by atoms with Gasteiger partial charge < -0.3 is 4.90 Å². The molecule has 1 aromatic heterocycles. The van der Waals surface area contributed by atoms with Crippen LogP contribution in [0.4, 0.5) is 5.95 Å². The van der Waals surface area contributed by atoms with Crippen molar-refractivity contribution in [1.82, 2.24) is 15.0 Å². The molecule has 1 fully saturated rings. The minimum absolute atomic E-state index is 0.0990. The Morgan fingerprint density at radius 2 is 2.00 bits per heavy atom. The minimum Gasteiger partial charge on any atom is -0.341 e. The molecule has 0 amide bonds. The third-order valence-corrected chi connectivity index (χ3v) is 2.18. The van der Waals surface area contributed by atoms with Crippen molar-refractivity contribution in [3.8, 4) is 0 Å². The van der Waals surface area contributed by atoms with E-state index < -0.39 is 5.69 Å². The molecule has 2 heterocycles. The maximum Gasteiger partial charge on any atom is 0.350 e. The molecule has 1 aliphatic rings. The third kappa shape index (κ3) is 1.80. The summed E-state index contributed by atoms with van der Waals surface area (Å²) in [4.78, 5) is 22.9. The Labute approximate surface area is 79.8 Å². The molecule has 0 atom stereocenters. The van der Waals surface area contributed by atoms with E-state index in [0.717, 1.165) is 25.9 Å². The van der Waals surface area contributed by atoms with Gasteiger partial charge in [-0.2, -0.15) is 9.97 Å². The molecule has 0 aromatic carbocycles. The van der Waals surface area contributed by atoms with Crippen molar-refractivity contribution in [1.29, 1.82) is 0 Å². The molecule has 1 N–H and O–H groups in total. The molecule has 6 heteroatoms. The number of nitrogens with zero attached hydrogens (tertiary/aromatic N) is 3. The van der Waals surface area contributed by atoms with E-state index in [0.29, 0.717) is 5.95 Å². The molecule has 0 unspecified atom stereocenters. The molecule has 0 spiro atoms. The average molecular weight is 201 g/mol. The van der Waals surface area contributed by atoms with E-state index in [1.165, 1.54) is 0 Å². The smallest absolute Gasteiger partial charge is 0.341 e. The zero-order valence-electron chi connectivity index (χ0n) is 6.96. The third-order valence-electron chi connectivity index (χ3n) is 2.00. The van der Waals surface area contributed by atoms with E-state index in [1.54, 1.807) is 0 Å². The van der Waals surface area contributed by atoms with Gasteiger partial charge in [0, 0.05) is 13.1 Å². The van der Waals surface area contributed by atoms with Gasteiger partial charge in [-0.1, -0.05) is 0 Å². The number of hydrogen-bond acceptors (Lipinski definition) is 4. The molecular weight excluding hydrogens is 192 g/mol. The van der Waals surface area contributed by atoms with Gasteiger partial charge in [-0.3, -0.25) is 4.98 Å². The fourth-order valence-electron chi connectivity index (χ4n) is 1.41. The molecule has 13 heavy (non-hydrogen) atoms. The van der Waals surface area contributed by atoms with Crippen LogP contribution in [0.2, 0.25) is 5.28 Å². The monoisotopic (exact) mass is 200 g/mol. The highest BCUT2D eigenvalue weighted by Gasteiger charge is 2.15. The van der Waals surface area contributed by atoms with Crippen molar-refractivity contribution in [2.75, 3.05) is 18.0 Å². The van der Waals surface area contributed by atoms with E-state index >= 15 is 0 Å². The summed E-state index contributed by atoms with van der Waals surface area (Å²) in [6, 6.07) is 0. The first kappa shape index (κ1) is 8.50. The number of nitrogens with one attached hydrogen (secondary N) is 1. The molecule has 0 aliphatic carbocycles. The van der Waals surface area contributed by atoms with Crippen molar-refractivity contribution in [2.24, 2.45) is 0 Å². The minimum atomic E-state index is -0.443. The van der Waals surface area contributed by atoms with Crippen molar-refractivity contribution < 1.29 is 0 Å². The van der Waals surface area contributed by atoms with Gasteiger partial charge in [-0.05, 0) is 24.4 Å². The van der Waals surface area contributed by atoms with Crippen LogP contribution in [-0.2, 0) is 0 Å². The molecule has 0 saturated carbocycles. The molecule has 0 radical (unpaired) electrons. The molecule has 70 valence electrons. The number of halogens is 1. The summed E-state index contributed by atoms with van der Waals surface area (Å²) in [6.07, 6.45) is 2.24. The average Bonchev–Trinajstić information content (AvgIpc) is 2.53. The summed E-state index contributed by atoms with van der Waals surface area (Å²) >= 11 is 5.60. The van der Waals surface area contributed by atoms with E-state index in [4.69, 9.17) is 11.6 Å². The van der Waals surface area contributed by atoms with Crippen LogP contribution in [0, 0.1) is 0 Å². The lowest BCUT2D eigenvalue weighted by Gasteiger charge is -2.13. The number of rotatable bonds is 1. The normalized spacial score (nSPS) is 16.5. The summed E-state index contributed by atoms with van der Waals surface area (Å²) in [5.41, 5.74) is -0.443. The van der Waals surface area contributed by atoms with Crippen LogP contribution in [-0.4, -0.2) is 28.0 Å². The number of aromatic nitrogens is 3. The summed E-state index contributed by atoms with van der Waals surface area (Å²) in [7, 11) is 0. The predicted octanol–water partition coefficient (Wildman–Crippen LogP) is 0.418. The second-order valence-electron chi connectivity index (χ2n) is 2.94. The number of anilines is 1. The van der Waals surface area contributed by atoms with Crippen LogP contribution in [0.25, 0.3) is 0 Å². The predicted molar refractivity (Wildman–Crippen MR) is 49.1 cm³/mol. The van der Waals surface area contributed by atoms with Crippen LogP contribution in [0.1, 0.15) is 12.8 Å². The van der Waals surface area contributed by atoms with Crippen LogP contribution in [0.5, 0.6) is 0 Å². The number of H-pyrrole nitrogens is 1. The summed E-state index contributed by atoms with van der Waals surface area (Å²) in [5, 5.41) is 0.0990. The van der Waals surface area contributed by atoms with Gasteiger partial charge >= 0.3 is 5.69 Å². The van der Waals surface area contributed by atoms with Crippen molar-refractivity contribution in [3.63, 3.8) is 0 Å². The van der Waals surface area contributed by atoms with E-state index in [9.17, 15) is 4.79 Å². The zero-order valence-corrected chi connectivity index (χ0v) is 7.71. The van der Waals surface area contributed by atoms with Gasteiger partial charge in [-0.15, -0.1) is 0 Å². The van der Waals surface area contributed by atoms with Crippen molar-refractivity contribution in [2.45, 2.75) is 12.8 Å². The van der Waals surface area contributed by atoms with Gasteiger partial charge in [0.2, 0.25) is 11.2 Å². The van der Waals surface area contributed by atoms with Crippen LogP contribution in [0.3, 0.4) is 0 Å². The fraction of sp³-hybridized carbons (Fsp3) is 0.571. The lowest BCUT2D eigenvalue weighted by Crippen LogP contribution is -2.25.